The van der Waals surface area contributed by atoms with Crippen LogP contribution >= 0.6 is 0 Å². The lowest BCUT2D eigenvalue weighted by molar-refractivity contribution is 0.682. The molecule has 0 saturated heterocycles. The first-order valence-electron chi connectivity index (χ1n) is 7.09. The fourth-order valence-electron chi connectivity index (χ4n) is 2.73. The summed E-state index contributed by atoms with van der Waals surface area (Å²) >= 11 is 0. The van der Waals surface area contributed by atoms with E-state index in [0.717, 1.165) is 24.6 Å². The number of hydrogen-bond acceptors (Lipinski definition) is 4. The van der Waals surface area contributed by atoms with Gasteiger partial charge in [0.15, 0.2) is 0 Å². The van der Waals surface area contributed by atoms with E-state index in [0.29, 0.717) is 0 Å². The van der Waals surface area contributed by atoms with Crippen molar-refractivity contribution in [3.8, 4) is 0 Å². The van der Waals surface area contributed by atoms with Crippen molar-refractivity contribution in [1.29, 1.82) is 0 Å². The summed E-state index contributed by atoms with van der Waals surface area (Å²) < 4.78 is 0. The van der Waals surface area contributed by atoms with Crippen LogP contribution in [-0.2, 0) is 13.0 Å². The molecule has 0 amide bonds. The number of nitrogens with zero attached hydrogens (tertiary/aromatic N) is 3. The summed E-state index contributed by atoms with van der Waals surface area (Å²) in [6.07, 6.45) is 6.03. The van der Waals surface area contributed by atoms with Crippen molar-refractivity contribution in [1.82, 2.24) is 9.97 Å². The predicted molar refractivity (Wildman–Crippen MR) is 82.1 cm³/mol. The molecule has 104 valence electrons. The van der Waals surface area contributed by atoms with Crippen LogP contribution in [0, 0.1) is 6.92 Å². The normalized spacial score (nSPS) is 14.0. The average molecular weight is 268 g/mol. The highest BCUT2D eigenvalue weighted by Crippen LogP contribution is 2.28. The topological polar surface area (TPSA) is 41.1 Å². The maximum absolute atomic E-state index is 4.47. The Hall–Kier alpha value is -2.10. The van der Waals surface area contributed by atoms with Crippen molar-refractivity contribution in [3.05, 3.63) is 47.4 Å². The van der Waals surface area contributed by atoms with Crippen molar-refractivity contribution in [2.24, 2.45) is 0 Å². The molecule has 1 aromatic carbocycles. The molecule has 0 atom stereocenters. The quantitative estimate of drug-likeness (QED) is 0.929. The van der Waals surface area contributed by atoms with Gasteiger partial charge in [-0.3, -0.25) is 4.98 Å². The lowest BCUT2D eigenvalue weighted by atomic mass is 9.99. The standard InChI is InChI=1S/C16H20N4/c1-12-5-6-15-13(8-12)4-3-7-20(15)11-14-9-19-16(17-2)10-18-14/h5-6,8-10H,3-4,7,11H2,1-2H3,(H,17,19). The molecule has 0 radical (unpaired) electrons. The molecule has 2 heterocycles. The third-order valence-corrected chi connectivity index (χ3v) is 3.76. The smallest absolute Gasteiger partial charge is 0.144 e. The Bertz CT molecular complexity index is 592. The van der Waals surface area contributed by atoms with Gasteiger partial charge in [0.05, 0.1) is 24.6 Å². The molecule has 1 aliphatic heterocycles. The number of hydrogen-bond donors (Lipinski definition) is 1. The molecular formula is C16H20N4. The van der Waals surface area contributed by atoms with Gasteiger partial charge < -0.3 is 10.2 Å². The predicted octanol–water partition coefficient (Wildman–Crippen LogP) is 2.78. The minimum Gasteiger partial charge on any atom is -0.372 e. The van der Waals surface area contributed by atoms with Crippen molar-refractivity contribution in [2.75, 3.05) is 23.8 Å². The summed E-state index contributed by atoms with van der Waals surface area (Å²) in [4.78, 5) is 11.2. The van der Waals surface area contributed by atoms with E-state index in [2.05, 4.69) is 45.3 Å². The van der Waals surface area contributed by atoms with Crippen LogP contribution in [-0.4, -0.2) is 23.6 Å². The van der Waals surface area contributed by atoms with Crippen LogP contribution < -0.4 is 10.2 Å². The van der Waals surface area contributed by atoms with Gasteiger partial charge in [-0.05, 0) is 31.4 Å². The third kappa shape index (κ3) is 2.59. The molecule has 0 bridgehead atoms. The van der Waals surface area contributed by atoms with Crippen molar-refractivity contribution in [2.45, 2.75) is 26.3 Å². The van der Waals surface area contributed by atoms with E-state index >= 15 is 0 Å². The average Bonchev–Trinajstić information content (AvgIpc) is 2.48. The summed E-state index contributed by atoms with van der Waals surface area (Å²) in [7, 11) is 1.85. The largest absolute Gasteiger partial charge is 0.372 e. The number of fused-ring (bicyclic) bond motifs is 1. The molecule has 2 aromatic rings. The van der Waals surface area contributed by atoms with Crippen LogP contribution in [0.1, 0.15) is 23.2 Å². The zero-order valence-electron chi connectivity index (χ0n) is 12.1. The molecular weight excluding hydrogens is 248 g/mol. The molecule has 1 aromatic heterocycles. The van der Waals surface area contributed by atoms with E-state index in [1.54, 1.807) is 6.20 Å². The Labute approximate surface area is 119 Å². The Morgan fingerprint density at radius 2 is 2.15 bits per heavy atom. The van der Waals surface area contributed by atoms with Gasteiger partial charge in [-0.15, -0.1) is 0 Å². The third-order valence-electron chi connectivity index (χ3n) is 3.76. The molecule has 1 N–H and O–H groups in total. The second kappa shape index (κ2) is 5.49. The maximum atomic E-state index is 4.47. The van der Waals surface area contributed by atoms with Crippen molar-refractivity contribution in [3.63, 3.8) is 0 Å². The van der Waals surface area contributed by atoms with Crippen LogP contribution in [0.5, 0.6) is 0 Å². The summed E-state index contributed by atoms with van der Waals surface area (Å²) in [6, 6.07) is 6.73. The summed E-state index contributed by atoms with van der Waals surface area (Å²) in [5, 5.41) is 2.99. The van der Waals surface area contributed by atoms with Crippen LogP contribution in [0.15, 0.2) is 30.6 Å². The summed E-state index contributed by atoms with van der Waals surface area (Å²) in [5.41, 5.74) is 5.15. The molecule has 0 saturated carbocycles. The summed E-state index contributed by atoms with van der Waals surface area (Å²) in [5.74, 6) is 0.809. The number of aromatic nitrogens is 2. The molecule has 0 aliphatic carbocycles. The Kier molecular flexibility index (Phi) is 3.54. The fraction of sp³-hybridized carbons (Fsp3) is 0.375. The lowest BCUT2D eigenvalue weighted by Gasteiger charge is -2.31. The van der Waals surface area contributed by atoms with E-state index in [1.165, 1.54) is 29.7 Å². The van der Waals surface area contributed by atoms with Gasteiger partial charge in [0.1, 0.15) is 5.82 Å². The van der Waals surface area contributed by atoms with Gasteiger partial charge in [-0.25, -0.2) is 4.98 Å². The van der Waals surface area contributed by atoms with Crippen molar-refractivity contribution >= 4 is 11.5 Å². The van der Waals surface area contributed by atoms with E-state index < -0.39 is 0 Å². The van der Waals surface area contributed by atoms with E-state index in [9.17, 15) is 0 Å². The second-order valence-electron chi connectivity index (χ2n) is 5.30. The highest BCUT2D eigenvalue weighted by molar-refractivity contribution is 5.56. The molecule has 4 heteroatoms. The van der Waals surface area contributed by atoms with Crippen LogP contribution in [0.25, 0.3) is 0 Å². The monoisotopic (exact) mass is 268 g/mol. The maximum Gasteiger partial charge on any atom is 0.144 e. The number of anilines is 2. The first-order valence-corrected chi connectivity index (χ1v) is 7.09. The zero-order chi connectivity index (χ0) is 13.9. The van der Waals surface area contributed by atoms with Gasteiger partial charge in [-0.2, -0.15) is 0 Å². The van der Waals surface area contributed by atoms with Gasteiger partial charge >= 0.3 is 0 Å². The molecule has 0 unspecified atom stereocenters. The first kappa shape index (κ1) is 12.9. The number of benzene rings is 1. The Balaban J connectivity index is 1.81. The Morgan fingerprint density at radius 1 is 1.25 bits per heavy atom. The van der Waals surface area contributed by atoms with Gasteiger partial charge in [-0.1, -0.05) is 17.7 Å². The number of rotatable bonds is 3. The van der Waals surface area contributed by atoms with E-state index in [4.69, 9.17) is 0 Å². The zero-order valence-corrected chi connectivity index (χ0v) is 12.1. The minimum atomic E-state index is 0.809. The van der Waals surface area contributed by atoms with Crippen LogP contribution in [0.4, 0.5) is 11.5 Å². The van der Waals surface area contributed by atoms with Crippen LogP contribution in [0.2, 0.25) is 0 Å². The van der Waals surface area contributed by atoms with E-state index in [-0.39, 0.29) is 0 Å². The molecule has 3 rings (SSSR count). The molecule has 4 nitrogen and oxygen atoms in total. The van der Waals surface area contributed by atoms with Gasteiger partial charge in [0, 0.05) is 19.3 Å². The Morgan fingerprint density at radius 3 is 2.90 bits per heavy atom. The van der Waals surface area contributed by atoms with E-state index in [1.807, 2.05) is 13.2 Å². The second-order valence-corrected chi connectivity index (χ2v) is 5.30. The minimum absolute atomic E-state index is 0.809. The molecule has 0 spiro atoms. The molecule has 20 heavy (non-hydrogen) atoms. The molecule has 1 aliphatic rings. The highest BCUT2D eigenvalue weighted by atomic mass is 15.1. The number of aryl methyl sites for hydroxylation is 2. The van der Waals surface area contributed by atoms with Gasteiger partial charge in [0.2, 0.25) is 0 Å². The van der Waals surface area contributed by atoms with Gasteiger partial charge in [0.25, 0.3) is 0 Å². The fourth-order valence-corrected chi connectivity index (χ4v) is 2.73. The molecule has 0 fully saturated rings. The lowest BCUT2D eigenvalue weighted by Crippen LogP contribution is -2.29. The number of nitrogens with one attached hydrogen (secondary N) is 1. The SMILES string of the molecule is CNc1cnc(CN2CCCc3cc(C)ccc32)cn1. The highest BCUT2D eigenvalue weighted by Gasteiger charge is 2.17. The van der Waals surface area contributed by atoms with Crippen LogP contribution in [0.3, 0.4) is 0 Å². The summed E-state index contributed by atoms with van der Waals surface area (Å²) in [6.45, 7) is 4.07. The van der Waals surface area contributed by atoms with Crippen molar-refractivity contribution < 1.29 is 0 Å². The first-order chi connectivity index (χ1) is 9.76.